The van der Waals surface area contributed by atoms with E-state index in [9.17, 15) is 13.4 Å². The van der Waals surface area contributed by atoms with Crippen LogP contribution in [0.3, 0.4) is 0 Å². The van der Waals surface area contributed by atoms with E-state index >= 15 is 0 Å². The van der Waals surface area contributed by atoms with Crippen LogP contribution in [0.25, 0.3) is 10.8 Å². The fourth-order valence-electron chi connectivity index (χ4n) is 2.81. The van der Waals surface area contributed by atoms with Gasteiger partial charge in [-0.25, -0.2) is 9.98 Å². The Balaban J connectivity index is 1.95. The number of amides is 1. The minimum absolute atomic E-state index is 0.0746. The maximum atomic E-state index is 13.4. The summed E-state index contributed by atoms with van der Waals surface area (Å²) >= 11 is 0. The summed E-state index contributed by atoms with van der Waals surface area (Å²) in [6.07, 6.45) is 1.57. The molecule has 0 unspecified atom stereocenters. The van der Waals surface area contributed by atoms with E-state index in [4.69, 9.17) is 0 Å². The van der Waals surface area contributed by atoms with Gasteiger partial charge in [-0.1, -0.05) is 42.5 Å². The number of hydrogen-bond donors (Lipinski definition) is 0. The lowest BCUT2D eigenvalue weighted by molar-refractivity contribution is 0.0907. The highest BCUT2D eigenvalue weighted by Crippen LogP contribution is 2.29. The predicted molar refractivity (Wildman–Crippen MR) is 88.5 cm³/mol. The summed E-state index contributed by atoms with van der Waals surface area (Å²) in [5.74, 6) is -0.521. The second kappa shape index (κ2) is 5.52. The van der Waals surface area contributed by atoms with Gasteiger partial charge in [0.25, 0.3) is 5.91 Å². The quantitative estimate of drug-likeness (QED) is 0.676. The van der Waals surface area contributed by atoms with Gasteiger partial charge in [0.2, 0.25) is 0 Å². The smallest absolute Gasteiger partial charge is 0.275 e. The van der Waals surface area contributed by atoms with E-state index in [-0.39, 0.29) is 11.4 Å². The average molecular weight is 321 g/mol. The van der Waals surface area contributed by atoms with Crippen LogP contribution in [0, 0.1) is 0 Å². The third-order valence-electron chi connectivity index (χ3n) is 3.90. The zero-order valence-electron chi connectivity index (χ0n) is 12.4. The first-order valence-corrected chi connectivity index (χ1v) is 7.30. The first kappa shape index (κ1) is 14.5. The fraction of sp³-hybridized carbons (Fsp3) is 0. The summed E-state index contributed by atoms with van der Waals surface area (Å²) in [6, 6.07) is 15.7. The lowest BCUT2D eigenvalue weighted by atomic mass is 10.1. The van der Waals surface area contributed by atoms with Crippen LogP contribution in [0.4, 0.5) is 14.4 Å². The third-order valence-corrected chi connectivity index (χ3v) is 3.90. The van der Waals surface area contributed by atoms with Gasteiger partial charge in [0.05, 0.1) is 0 Å². The number of halogens is 2. The largest absolute Gasteiger partial charge is 0.681 e. The lowest BCUT2D eigenvalue weighted by Crippen LogP contribution is -2.38. The highest BCUT2D eigenvalue weighted by atomic mass is 19.2. The lowest BCUT2D eigenvalue weighted by Gasteiger charge is -2.13. The Morgan fingerprint density at radius 3 is 2.46 bits per heavy atom. The second-order valence-electron chi connectivity index (χ2n) is 5.29. The molecule has 1 amide bonds. The maximum absolute atomic E-state index is 13.4. The fourth-order valence-corrected chi connectivity index (χ4v) is 2.81. The molecule has 1 aliphatic heterocycles. The van der Waals surface area contributed by atoms with Gasteiger partial charge in [0.1, 0.15) is 5.84 Å². The van der Waals surface area contributed by atoms with Crippen LogP contribution in [0.5, 0.6) is 0 Å². The van der Waals surface area contributed by atoms with Crippen molar-refractivity contribution >= 4 is 35.7 Å². The molecule has 1 aromatic heterocycles. The van der Waals surface area contributed by atoms with Crippen LogP contribution in [-0.4, -0.2) is 28.9 Å². The Labute approximate surface area is 136 Å². The van der Waals surface area contributed by atoms with Crippen LogP contribution < -0.4 is 0 Å². The molecule has 24 heavy (non-hydrogen) atoms. The van der Waals surface area contributed by atoms with Crippen molar-refractivity contribution in [3.05, 3.63) is 71.9 Å². The molecule has 116 valence electrons. The molecule has 0 radical (unpaired) electrons. The number of aliphatic imine (C=N–C) groups is 1. The Bertz CT molecular complexity index is 985. The van der Waals surface area contributed by atoms with E-state index in [1.165, 1.54) is 6.07 Å². The van der Waals surface area contributed by atoms with E-state index in [1.807, 2.05) is 30.3 Å². The molecule has 0 spiro atoms. The van der Waals surface area contributed by atoms with E-state index < -0.39 is 13.3 Å². The molecule has 3 aromatic rings. The zero-order chi connectivity index (χ0) is 16.7. The minimum atomic E-state index is -2.97. The predicted octanol–water partition coefficient (Wildman–Crippen LogP) is 3.69. The molecule has 0 fully saturated rings. The summed E-state index contributed by atoms with van der Waals surface area (Å²) in [5, 5.41) is 1.63. The number of benzene rings is 2. The van der Waals surface area contributed by atoms with E-state index in [1.54, 1.807) is 24.4 Å². The molecule has 0 saturated heterocycles. The van der Waals surface area contributed by atoms with Crippen molar-refractivity contribution in [2.45, 2.75) is 0 Å². The molecule has 4 rings (SSSR count). The Morgan fingerprint density at radius 1 is 0.958 bits per heavy atom. The van der Waals surface area contributed by atoms with Gasteiger partial charge in [-0.05, 0) is 17.5 Å². The number of fused-ring (bicyclic) bond motifs is 2. The van der Waals surface area contributed by atoms with E-state index in [2.05, 4.69) is 9.98 Å². The van der Waals surface area contributed by atoms with Crippen molar-refractivity contribution in [1.82, 2.24) is 9.79 Å². The molecule has 0 aliphatic carbocycles. The number of aromatic nitrogens is 1. The first-order chi connectivity index (χ1) is 11.7. The van der Waals surface area contributed by atoms with Gasteiger partial charge in [-0.3, -0.25) is 18.2 Å². The average Bonchev–Trinajstić information content (AvgIpc) is 2.88. The number of carbonyl (C=O) groups is 1. The van der Waals surface area contributed by atoms with Crippen molar-refractivity contribution in [3.63, 3.8) is 0 Å². The summed E-state index contributed by atoms with van der Waals surface area (Å²) in [4.78, 5) is 21.2. The van der Waals surface area contributed by atoms with Crippen molar-refractivity contribution in [2.75, 3.05) is 0 Å². The molecule has 0 saturated carbocycles. The topological polar surface area (TPSA) is 45.6 Å². The van der Waals surface area contributed by atoms with E-state index in [0.717, 1.165) is 10.8 Å². The Kier molecular flexibility index (Phi) is 3.34. The number of nitrogens with zero attached hydrogens (tertiary/aromatic N) is 3. The van der Waals surface area contributed by atoms with Crippen molar-refractivity contribution < 1.29 is 13.4 Å². The van der Waals surface area contributed by atoms with Crippen molar-refractivity contribution in [2.24, 2.45) is 4.99 Å². The number of amidine groups is 1. The molecule has 4 nitrogen and oxygen atoms in total. The van der Waals surface area contributed by atoms with Crippen LogP contribution in [0.2, 0.25) is 0 Å². The standard InChI is InChI=1S/C17H10BF2N3O/c19-18(20)23-16(13-7-3-4-8-14(13)17(23)24)22-15-12-6-2-1-5-11(12)9-10-21-15/h1-10H. The van der Waals surface area contributed by atoms with E-state index in [0.29, 0.717) is 16.2 Å². The Hall–Kier alpha value is -3.09. The first-order valence-electron chi connectivity index (χ1n) is 7.30. The SMILES string of the molecule is O=C1c2ccccc2C(=Nc2nccc3ccccc23)N1B(F)F. The molecule has 2 heterocycles. The molecule has 2 aromatic carbocycles. The van der Waals surface area contributed by atoms with Crippen LogP contribution in [0.1, 0.15) is 15.9 Å². The van der Waals surface area contributed by atoms with Gasteiger partial charge in [0.15, 0.2) is 5.82 Å². The third kappa shape index (κ3) is 2.17. The molecule has 0 N–H and O–H groups in total. The zero-order valence-corrected chi connectivity index (χ0v) is 12.4. The monoisotopic (exact) mass is 321 g/mol. The van der Waals surface area contributed by atoms with Crippen LogP contribution in [-0.2, 0) is 0 Å². The normalized spacial score (nSPS) is 15.2. The maximum Gasteiger partial charge on any atom is 0.681 e. The van der Waals surface area contributed by atoms with Crippen LogP contribution in [0.15, 0.2) is 65.8 Å². The van der Waals surface area contributed by atoms with Gasteiger partial charge in [0, 0.05) is 22.7 Å². The minimum Gasteiger partial charge on any atom is -0.275 e. The molecule has 0 bridgehead atoms. The Morgan fingerprint density at radius 2 is 1.67 bits per heavy atom. The summed E-state index contributed by atoms with van der Waals surface area (Å²) in [6.45, 7) is 0. The van der Waals surface area contributed by atoms with Crippen molar-refractivity contribution in [1.29, 1.82) is 0 Å². The summed E-state index contributed by atoms with van der Waals surface area (Å²) in [5.41, 5.74) is 0.606. The summed E-state index contributed by atoms with van der Waals surface area (Å²) in [7, 11) is -2.97. The van der Waals surface area contributed by atoms with Gasteiger partial charge < -0.3 is 0 Å². The molecule has 0 atom stereocenters. The highest BCUT2D eigenvalue weighted by Gasteiger charge is 2.42. The molecule has 1 aliphatic rings. The number of carbonyl (C=O) groups excluding carboxylic acids is 1. The second-order valence-corrected chi connectivity index (χ2v) is 5.29. The van der Waals surface area contributed by atoms with Gasteiger partial charge in [-0.2, -0.15) is 0 Å². The van der Waals surface area contributed by atoms with Gasteiger partial charge >= 0.3 is 7.40 Å². The highest BCUT2D eigenvalue weighted by molar-refractivity contribution is 6.53. The summed E-state index contributed by atoms with van der Waals surface area (Å²) < 4.78 is 26.9. The number of pyridine rings is 1. The molecular weight excluding hydrogens is 311 g/mol. The number of hydrogen-bond acceptors (Lipinski definition) is 3. The van der Waals surface area contributed by atoms with Crippen molar-refractivity contribution in [3.8, 4) is 0 Å². The number of rotatable bonds is 2. The van der Waals surface area contributed by atoms with Crippen LogP contribution >= 0.6 is 0 Å². The molecular formula is C17H10BF2N3O. The van der Waals surface area contributed by atoms with Gasteiger partial charge in [-0.15, -0.1) is 0 Å². The molecule has 7 heteroatoms.